The third kappa shape index (κ3) is 2.24. The van der Waals surface area contributed by atoms with Gasteiger partial charge in [0.05, 0.1) is 5.92 Å². The number of nitrogens with zero attached hydrogens (tertiary/aromatic N) is 1. The zero-order chi connectivity index (χ0) is 18.7. The minimum Gasteiger partial charge on any atom is -0.481 e. The average molecular weight is 363 g/mol. The highest BCUT2D eigenvalue weighted by Gasteiger charge is 2.61. The highest BCUT2D eigenvalue weighted by molar-refractivity contribution is 5.80. The molecular weight excluding hydrogens is 342 g/mol. The molecule has 0 aromatic heterocycles. The lowest BCUT2D eigenvalue weighted by atomic mass is 9.72. The van der Waals surface area contributed by atoms with Crippen LogP contribution in [0.25, 0.3) is 11.1 Å². The predicted octanol–water partition coefficient (Wildman–Crippen LogP) is 3.73. The van der Waals surface area contributed by atoms with Gasteiger partial charge in [0.2, 0.25) is 0 Å². The minimum atomic E-state index is -0.808. The summed E-state index contributed by atoms with van der Waals surface area (Å²) in [5, 5.41) is 9.37. The van der Waals surface area contributed by atoms with E-state index in [0.29, 0.717) is 0 Å². The van der Waals surface area contributed by atoms with E-state index in [4.69, 9.17) is 4.74 Å². The van der Waals surface area contributed by atoms with Crippen molar-refractivity contribution in [3.63, 3.8) is 0 Å². The van der Waals surface area contributed by atoms with E-state index in [0.717, 1.165) is 6.42 Å². The maximum Gasteiger partial charge on any atom is 0.410 e. The lowest BCUT2D eigenvalue weighted by Gasteiger charge is -2.32. The number of hydrogen-bond acceptors (Lipinski definition) is 3. The van der Waals surface area contributed by atoms with E-state index in [2.05, 4.69) is 24.3 Å². The molecule has 4 aliphatic rings. The number of carboxylic acid groups (broad SMARTS) is 1. The number of aliphatic carboxylic acids is 1. The Bertz CT molecular complexity index is 894. The van der Waals surface area contributed by atoms with Gasteiger partial charge < -0.3 is 14.7 Å². The molecule has 4 atom stereocenters. The van der Waals surface area contributed by atoms with Crippen LogP contribution in [0, 0.1) is 11.8 Å². The van der Waals surface area contributed by atoms with Crippen LogP contribution in [0.2, 0.25) is 0 Å². The molecule has 2 aliphatic heterocycles. The van der Waals surface area contributed by atoms with Crippen molar-refractivity contribution in [2.24, 2.45) is 11.8 Å². The molecule has 2 bridgehead atoms. The zero-order valence-corrected chi connectivity index (χ0v) is 15.0. The summed E-state index contributed by atoms with van der Waals surface area (Å²) in [6.45, 7) is 2.19. The van der Waals surface area contributed by atoms with Gasteiger partial charge in [0.1, 0.15) is 6.61 Å². The Balaban J connectivity index is 1.35. The first-order chi connectivity index (χ1) is 13.1. The molecule has 5 heteroatoms. The van der Waals surface area contributed by atoms with Gasteiger partial charge in [-0.25, -0.2) is 4.79 Å². The molecule has 0 radical (unpaired) electrons. The third-order valence-corrected chi connectivity index (χ3v) is 6.64. The molecule has 2 heterocycles. The second kappa shape index (κ2) is 5.84. The monoisotopic (exact) mass is 363 g/mol. The molecule has 0 spiro atoms. The molecule has 1 N–H and O–H groups in total. The number of hydrogen-bond donors (Lipinski definition) is 1. The van der Waals surface area contributed by atoms with Gasteiger partial charge in [-0.1, -0.05) is 48.5 Å². The first-order valence-electron chi connectivity index (χ1n) is 9.44. The molecule has 27 heavy (non-hydrogen) atoms. The van der Waals surface area contributed by atoms with Crippen LogP contribution >= 0.6 is 0 Å². The smallest absolute Gasteiger partial charge is 0.410 e. The molecule has 3 fully saturated rings. The number of benzene rings is 2. The van der Waals surface area contributed by atoms with E-state index >= 15 is 0 Å². The standard InChI is InChI=1S/C22H21NO4/c1-12-17-10-19(20(17)21(24)25)23(12)22(26)27-11-18-15-8-4-2-6-13(15)14-7-3-5-9-16(14)18/h2-9,12,17-20H,10-11H2,1H3,(H,24,25)/t12-,17-,19-,20+/m1/s1. The fraction of sp³-hybridized carbons (Fsp3) is 0.364. The first kappa shape index (κ1) is 16.4. The van der Waals surface area contributed by atoms with Gasteiger partial charge in [-0.3, -0.25) is 4.79 Å². The molecule has 5 nitrogen and oxygen atoms in total. The fourth-order valence-electron chi connectivity index (χ4n) is 5.27. The Kier molecular flexibility index (Phi) is 3.54. The van der Waals surface area contributed by atoms with E-state index < -0.39 is 11.9 Å². The summed E-state index contributed by atoms with van der Waals surface area (Å²) < 4.78 is 5.71. The molecule has 1 saturated carbocycles. The van der Waals surface area contributed by atoms with Crippen LogP contribution in [0.5, 0.6) is 0 Å². The number of carbonyl (C=O) groups is 2. The Hall–Kier alpha value is -2.82. The molecule has 2 aromatic carbocycles. The van der Waals surface area contributed by atoms with E-state index in [9.17, 15) is 14.7 Å². The Morgan fingerprint density at radius 1 is 1.07 bits per heavy atom. The van der Waals surface area contributed by atoms with E-state index in [1.165, 1.54) is 22.3 Å². The highest BCUT2D eigenvalue weighted by Crippen LogP contribution is 2.51. The van der Waals surface area contributed by atoms with Gasteiger partial charge in [-0.05, 0) is 41.5 Å². The maximum atomic E-state index is 12.8. The quantitative estimate of drug-likeness (QED) is 0.902. The summed E-state index contributed by atoms with van der Waals surface area (Å²) in [6, 6.07) is 16.1. The van der Waals surface area contributed by atoms with Crippen LogP contribution in [0.1, 0.15) is 30.4 Å². The first-order valence-corrected chi connectivity index (χ1v) is 9.44. The molecule has 6 rings (SSSR count). The van der Waals surface area contributed by atoms with Crippen LogP contribution < -0.4 is 0 Å². The van der Waals surface area contributed by atoms with E-state index in [1.807, 2.05) is 31.2 Å². The molecule has 2 saturated heterocycles. The second-order valence-corrected chi connectivity index (χ2v) is 7.78. The SMILES string of the molecule is C[C@@H]1[C@H]2C[C@H]([C@H]2C(=O)O)N1C(=O)OCC1c2ccccc2-c2ccccc21. The number of rotatable bonds is 3. The van der Waals surface area contributed by atoms with Gasteiger partial charge in [-0.15, -0.1) is 0 Å². The second-order valence-electron chi connectivity index (χ2n) is 7.78. The van der Waals surface area contributed by atoms with E-state index in [1.54, 1.807) is 4.90 Å². The van der Waals surface area contributed by atoms with Crippen molar-refractivity contribution in [2.75, 3.05) is 6.61 Å². The predicted molar refractivity (Wildman–Crippen MR) is 99.4 cm³/mol. The van der Waals surface area contributed by atoms with Crippen molar-refractivity contribution < 1.29 is 19.4 Å². The molecule has 2 aromatic rings. The van der Waals surface area contributed by atoms with Gasteiger partial charge in [-0.2, -0.15) is 0 Å². The Morgan fingerprint density at radius 3 is 2.22 bits per heavy atom. The van der Waals surface area contributed by atoms with Gasteiger partial charge in [0.15, 0.2) is 0 Å². The molecule has 138 valence electrons. The Morgan fingerprint density at radius 2 is 1.67 bits per heavy atom. The Labute approximate surface area is 157 Å². The summed E-state index contributed by atoms with van der Waals surface area (Å²) >= 11 is 0. The van der Waals surface area contributed by atoms with Crippen LogP contribution in [0.15, 0.2) is 48.5 Å². The number of carboxylic acids is 1. The van der Waals surface area contributed by atoms with Crippen LogP contribution in [0.3, 0.4) is 0 Å². The minimum absolute atomic E-state index is 0.0181. The lowest BCUT2D eigenvalue weighted by molar-refractivity contribution is -0.147. The van der Waals surface area contributed by atoms with Crippen molar-refractivity contribution >= 4 is 12.1 Å². The van der Waals surface area contributed by atoms with Crippen molar-refractivity contribution in [1.82, 2.24) is 4.90 Å². The van der Waals surface area contributed by atoms with Crippen molar-refractivity contribution in [3.8, 4) is 11.1 Å². The highest BCUT2D eigenvalue weighted by atomic mass is 16.6. The van der Waals surface area contributed by atoms with Crippen LogP contribution in [0.4, 0.5) is 4.79 Å². The lowest BCUT2D eigenvalue weighted by Crippen LogP contribution is -2.45. The van der Waals surface area contributed by atoms with E-state index in [-0.39, 0.29) is 36.6 Å². The average Bonchev–Trinajstić information content (AvgIpc) is 3.24. The largest absolute Gasteiger partial charge is 0.481 e. The van der Waals surface area contributed by atoms with Crippen molar-refractivity contribution in [2.45, 2.75) is 31.3 Å². The summed E-state index contributed by atoms with van der Waals surface area (Å²) in [4.78, 5) is 25.8. The normalized spacial score (nSPS) is 27.7. The number of ether oxygens (including phenoxy) is 1. The number of amides is 1. The molecular formula is C22H21NO4. The number of carbonyl (C=O) groups excluding carboxylic acids is 1. The molecule has 1 amide bonds. The number of fused-ring (bicyclic) bond motifs is 4. The van der Waals surface area contributed by atoms with Crippen LogP contribution in [-0.2, 0) is 9.53 Å². The third-order valence-electron chi connectivity index (χ3n) is 6.64. The van der Waals surface area contributed by atoms with Crippen molar-refractivity contribution in [1.29, 1.82) is 0 Å². The van der Waals surface area contributed by atoms with Crippen molar-refractivity contribution in [3.05, 3.63) is 59.7 Å². The summed E-state index contributed by atoms with van der Waals surface area (Å²) in [6.07, 6.45) is 0.378. The summed E-state index contributed by atoms with van der Waals surface area (Å²) in [5.74, 6) is -1.19. The fourth-order valence-corrected chi connectivity index (χ4v) is 5.27. The molecule has 2 aliphatic carbocycles. The maximum absolute atomic E-state index is 12.8. The summed E-state index contributed by atoms with van der Waals surface area (Å²) in [5.41, 5.74) is 4.73. The van der Waals surface area contributed by atoms with Gasteiger partial charge in [0.25, 0.3) is 0 Å². The summed E-state index contributed by atoms with van der Waals surface area (Å²) in [7, 11) is 0. The topological polar surface area (TPSA) is 66.8 Å². The molecule has 0 unspecified atom stereocenters. The van der Waals surface area contributed by atoms with Gasteiger partial charge >= 0.3 is 12.1 Å². The van der Waals surface area contributed by atoms with Crippen LogP contribution in [-0.4, -0.2) is 40.8 Å². The van der Waals surface area contributed by atoms with Gasteiger partial charge in [0, 0.05) is 18.0 Å². The zero-order valence-electron chi connectivity index (χ0n) is 15.0.